The van der Waals surface area contributed by atoms with E-state index in [4.69, 9.17) is 17.2 Å². The van der Waals surface area contributed by atoms with Crippen molar-refractivity contribution in [2.24, 2.45) is 17.8 Å². The van der Waals surface area contributed by atoms with Crippen LogP contribution in [0, 0.1) is 22.4 Å². The average molecular weight is 367 g/mol. The third kappa shape index (κ3) is 2.33. The van der Waals surface area contributed by atoms with E-state index >= 15 is 0 Å². The molecule has 0 aromatic carbocycles. The molecular formula is C17H23BrN2S. The molecule has 1 N–H and O–H groups in total. The van der Waals surface area contributed by atoms with E-state index in [1.165, 1.54) is 50.0 Å². The summed E-state index contributed by atoms with van der Waals surface area (Å²) in [7, 11) is 0. The second-order valence-electron chi connectivity index (χ2n) is 7.63. The summed E-state index contributed by atoms with van der Waals surface area (Å²) in [6.07, 6.45) is 10.6. The molecule has 0 aliphatic heterocycles. The Labute approximate surface area is 140 Å². The van der Waals surface area contributed by atoms with Gasteiger partial charge in [-0.05, 0) is 78.6 Å². The molecule has 4 fully saturated rings. The Kier molecular flexibility index (Phi) is 3.53. The van der Waals surface area contributed by atoms with Crippen LogP contribution in [0.4, 0.5) is 0 Å². The molecule has 4 heteroatoms. The number of aromatic nitrogens is 2. The lowest BCUT2D eigenvalue weighted by atomic mass is 9.49. The van der Waals surface area contributed by atoms with Crippen LogP contribution in [0.15, 0.2) is 4.47 Å². The summed E-state index contributed by atoms with van der Waals surface area (Å²) in [5.41, 5.74) is 1.56. The summed E-state index contributed by atoms with van der Waals surface area (Å²) in [5, 5.41) is 0. The zero-order chi connectivity index (χ0) is 14.6. The second kappa shape index (κ2) is 5.16. The van der Waals surface area contributed by atoms with E-state index in [0.717, 1.165) is 39.7 Å². The molecule has 1 heterocycles. The van der Waals surface area contributed by atoms with Gasteiger partial charge >= 0.3 is 0 Å². The number of aryl methyl sites for hydroxylation is 1. The highest BCUT2D eigenvalue weighted by Crippen LogP contribution is 2.60. The van der Waals surface area contributed by atoms with Crippen LogP contribution in [-0.2, 0) is 11.8 Å². The molecule has 0 spiro atoms. The van der Waals surface area contributed by atoms with Crippen molar-refractivity contribution in [3.8, 4) is 0 Å². The molecule has 1 aromatic rings. The topological polar surface area (TPSA) is 28.7 Å². The molecule has 1 aromatic heterocycles. The Bertz CT molecular complexity index is 586. The lowest BCUT2D eigenvalue weighted by molar-refractivity contribution is -0.00956. The zero-order valence-electron chi connectivity index (χ0n) is 12.6. The molecule has 5 rings (SSSR count). The first-order chi connectivity index (χ1) is 10.1. The highest BCUT2D eigenvalue weighted by Gasteiger charge is 2.52. The molecule has 0 amide bonds. The molecule has 114 valence electrons. The predicted molar refractivity (Wildman–Crippen MR) is 91.0 cm³/mol. The van der Waals surface area contributed by atoms with Gasteiger partial charge in [-0.25, -0.2) is 4.98 Å². The molecule has 0 radical (unpaired) electrons. The Hall–Kier alpha value is -0.220. The number of rotatable bonds is 3. The van der Waals surface area contributed by atoms with Crippen molar-refractivity contribution in [1.82, 2.24) is 9.97 Å². The van der Waals surface area contributed by atoms with E-state index in [9.17, 15) is 0 Å². The van der Waals surface area contributed by atoms with Gasteiger partial charge in [0.15, 0.2) is 0 Å². The van der Waals surface area contributed by atoms with Gasteiger partial charge in [-0.2, -0.15) is 0 Å². The van der Waals surface area contributed by atoms with Gasteiger partial charge in [0.25, 0.3) is 0 Å². The maximum Gasteiger partial charge on any atom is 0.144 e. The Morgan fingerprint density at radius 3 is 2.29 bits per heavy atom. The summed E-state index contributed by atoms with van der Waals surface area (Å²) < 4.78 is 1.76. The fourth-order valence-electron chi connectivity index (χ4n) is 5.58. The van der Waals surface area contributed by atoms with Crippen LogP contribution in [-0.4, -0.2) is 9.97 Å². The van der Waals surface area contributed by atoms with E-state index < -0.39 is 0 Å². The fourth-order valence-corrected chi connectivity index (χ4v) is 6.18. The summed E-state index contributed by atoms with van der Waals surface area (Å²) in [4.78, 5) is 8.50. The molecule has 4 aliphatic rings. The van der Waals surface area contributed by atoms with Crippen LogP contribution in [0.25, 0.3) is 0 Å². The van der Waals surface area contributed by atoms with E-state index in [2.05, 4.69) is 27.8 Å². The van der Waals surface area contributed by atoms with E-state index in [-0.39, 0.29) is 0 Å². The number of hydrogen-bond acceptors (Lipinski definition) is 2. The normalized spacial score (nSPS) is 37.1. The number of H-pyrrole nitrogens is 1. The number of hydrogen-bond donors (Lipinski definition) is 1. The maximum atomic E-state index is 5.52. The third-order valence-corrected chi connectivity index (χ3v) is 7.39. The quantitative estimate of drug-likeness (QED) is 0.733. The molecule has 0 atom stereocenters. The molecular weight excluding hydrogens is 344 g/mol. The average Bonchev–Trinajstić information content (AvgIpc) is 2.42. The van der Waals surface area contributed by atoms with Crippen LogP contribution >= 0.6 is 28.1 Å². The number of nitrogens with one attached hydrogen (secondary N) is 1. The minimum atomic E-state index is 0.311. The first-order valence-electron chi connectivity index (χ1n) is 8.39. The second-order valence-corrected chi connectivity index (χ2v) is 8.81. The molecule has 21 heavy (non-hydrogen) atoms. The Balaban J connectivity index is 1.78. The van der Waals surface area contributed by atoms with Crippen molar-refractivity contribution in [3.63, 3.8) is 0 Å². The van der Waals surface area contributed by atoms with Gasteiger partial charge in [-0.1, -0.05) is 25.6 Å². The van der Waals surface area contributed by atoms with Gasteiger partial charge in [0.2, 0.25) is 0 Å². The van der Waals surface area contributed by atoms with Gasteiger partial charge in [0.05, 0.1) is 4.47 Å². The summed E-state index contributed by atoms with van der Waals surface area (Å²) in [5.74, 6) is 4.04. The monoisotopic (exact) mass is 366 g/mol. The van der Waals surface area contributed by atoms with Crippen molar-refractivity contribution in [2.75, 3.05) is 0 Å². The first kappa shape index (κ1) is 14.4. The van der Waals surface area contributed by atoms with Crippen LogP contribution in [0.2, 0.25) is 0 Å². The summed E-state index contributed by atoms with van der Waals surface area (Å²) >= 11 is 9.15. The number of halogens is 1. The fraction of sp³-hybridized carbons (Fsp3) is 0.765. The van der Waals surface area contributed by atoms with Crippen molar-refractivity contribution in [1.29, 1.82) is 0 Å². The highest BCUT2D eigenvalue weighted by molar-refractivity contribution is 9.10. The van der Waals surface area contributed by atoms with Gasteiger partial charge in [-0.15, -0.1) is 0 Å². The molecule has 0 saturated heterocycles. The van der Waals surface area contributed by atoms with Crippen LogP contribution in [0.3, 0.4) is 0 Å². The van der Waals surface area contributed by atoms with Crippen LogP contribution in [0.1, 0.15) is 63.4 Å². The SMILES string of the molecule is CCCc1[nH]c(C23CC4CC(CC(C4)C2)C3)nc(=S)c1Br. The largest absolute Gasteiger partial charge is 0.346 e. The highest BCUT2D eigenvalue weighted by atomic mass is 79.9. The van der Waals surface area contributed by atoms with Crippen molar-refractivity contribution >= 4 is 28.1 Å². The van der Waals surface area contributed by atoms with E-state index in [0.29, 0.717) is 5.41 Å². The van der Waals surface area contributed by atoms with Gasteiger partial charge in [-0.3, -0.25) is 0 Å². The lowest BCUT2D eigenvalue weighted by Crippen LogP contribution is -2.49. The molecule has 4 bridgehead atoms. The van der Waals surface area contributed by atoms with Gasteiger partial charge < -0.3 is 4.98 Å². The minimum absolute atomic E-state index is 0.311. The van der Waals surface area contributed by atoms with Gasteiger partial charge in [0, 0.05) is 11.1 Å². The van der Waals surface area contributed by atoms with Gasteiger partial charge in [0.1, 0.15) is 10.5 Å². The Morgan fingerprint density at radius 1 is 1.19 bits per heavy atom. The standard InChI is InChI=1S/C17H23BrN2S/c1-2-3-13-14(18)15(21)20-16(19-13)17-7-10-4-11(8-17)6-12(5-10)9-17/h10-12H,2-9H2,1H3,(H,19,20,21). The number of aromatic amines is 1. The van der Waals surface area contributed by atoms with Crippen LogP contribution < -0.4 is 0 Å². The van der Waals surface area contributed by atoms with E-state index in [1.54, 1.807) is 0 Å². The van der Waals surface area contributed by atoms with Crippen molar-refractivity contribution in [3.05, 3.63) is 20.6 Å². The molecule has 4 aliphatic carbocycles. The first-order valence-corrected chi connectivity index (χ1v) is 9.59. The zero-order valence-corrected chi connectivity index (χ0v) is 15.0. The molecule has 0 unspecified atom stereocenters. The third-order valence-electron chi connectivity index (χ3n) is 5.98. The predicted octanol–water partition coefficient (Wildman–Crippen LogP) is 5.32. The molecule has 2 nitrogen and oxygen atoms in total. The summed E-state index contributed by atoms with van der Waals surface area (Å²) in [6.45, 7) is 2.22. The Morgan fingerprint density at radius 2 is 1.76 bits per heavy atom. The van der Waals surface area contributed by atoms with E-state index in [1.807, 2.05) is 0 Å². The molecule has 4 saturated carbocycles. The summed E-state index contributed by atoms with van der Waals surface area (Å²) in [6, 6.07) is 0. The van der Waals surface area contributed by atoms with Crippen LogP contribution in [0.5, 0.6) is 0 Å². The minimum Gasteiger partial charge on any atom is -0.346 e. The van der Waals surface area contributed by atoms with Crippen molar-refractivity contribution in [2.45, 2.75) is 63.7 Å². The lowest BCUT2D eigenvalue weighted by Gasteiger charge is -2.56. The number of nitrogens with zero attached hydrogens (tertiary/aromatic N) is 1. The smallest absolute Gasteiger partial charge is 0.144 e. The van der Waals surface area contributed by atoms with Crippen molar-refractivity contribution < 1.29 is 0 Å². The maximum absolute atomic E-state index is 5.52.